The van der Waals surface area contributed by atoms with Gasteiger partial charge in [-0.15, -0.1) is 0 Å². The lowest BCUT2D eigenvalue weighted by Gasteiger charge is -2.44. The number of rotatable bonds is 2. The molecule has 4 rings (SSSR count). The number of para-hydroxylation sites is 1. The number of nitrogens with zero attached hydrogens (tertiary/aromatic N) is 2. The number of benzene rings is 2. The average Bonchev–Trinajstić information content (AvgIpc) is 2.98. The minimum atomic E-state index is -0.528. The van der Waals surface area contributed by atoms with Crippen molar-refractivity contribution in [1.29, 1.82) is 0 Å². The number of likely N-dealkylation sites (tertiary alicyclic amines) is 1. The van der Waals surface area contributed by atoms with Crippen LogP contribution in [0.15, 0.2) is 48.5 Å². The molecule has 0 radical (unpaired) electrons. The first-order chi connectivity index (χ1) is 12.3. The fraction of sp³-hybridized carbons (Fsp3) is 0.350. The van der Waals surface area contributed by atoms with E-state index in [1.54, 1.807) is 25.2 Å². The molecule has 136 valence electrons. The van der Waals surface area contributed by atoms with Gasteiger partial charge in [0.25, 0.3) is 0 Å². The maximum absolute atomic E-state index is 12.9. The number of nitrogens with one attached hydrogen (secondary N) is 1. The Hall–Kier alpha value is -2.57. The quantitative estimate of drug-likeness (QED) is 0.661. The van der Waals surface area contributed by atoms with Gasteiger partial charge in [0.2, 0.25) is 0 Å². The lowest BCUT2D eigenvalue weighted by Crippen LogP contribution is -2.54. The van der Waals surface area contributed by atoms with E-state index in [-0.39, 0.29) is 16.2 Å². The molecule has 0 saturated carbocycles. The van der Waals surface area contributed by atoms with Crippen LogP contribution < -0.4 is 15.0 Å². The van der Waals surface area contributed by atoms with Gasteiger partial charge in [0.1, 0.15) is 5.75 Å². The third-order valence-electron chi connectivity index (χ3n) is 5.72. The van der Waals surface area contributed by atoms with E-state index >= 15 is 0 Å². The monoisotopic (exact) mass is 353 g/mol. The van der Waals surface area contributed by atoms with Crippen LogP contribution >= 0.6 is 0 Å². The average molecular weight is 353 g/mol. The Bertz CT molecular complexity index is 853. The van der Waals surface area contributed by atoms with E-state index in [1.165, 1.54) is 0 Å². The highest BCUT2D eigenvalue weighted by atomic mass is 16.6. The van der Waals surface area contributed by atoms with Gasteiger partial charge in [0.15, 0.2) is 6.17 Å². The van der Waals surface area contributed by atoms with Gasteiger partial charge in [0.05, 0.1) is 19.0 Å². The van der Waals surface area contributed by atoms with Gasteiger partial charge in [0, 0.05) is 24.8 Å². The fourth-order valence-corrected chi connectivity index (χ4v) is 4.62. The van der Waals surface area contributed by atoms with Gasteiger partial charge >= 0.3 is 6.09 Å². The van der Waals surface area contributed by atoms with E-state index in [0.29, 0.717) is 18.0 Å². The highest BCUT2D eigenvalue weighted by molar-refractivity contribution is 5.86. The number of ether oxygens (including phenoxy) is 1. The summed E-state index contributed by atoms with van der Waals surface area (Å²) in [6.45, 7) is 2.72. The van der Waals surface area contributed by atoms with E-state index < -0.39 is 6.09 Å². The molecule has 1 fully saturated rings. The van der Waals surface area contributed by atoms with Crippen LogP contribution in [0.3, 0.4) is 0 Å². The summed E-state index contributed by atoms with van der Waals surface area (Å²) in [4.78, 5) is 14.2. The largest absolute Gasteiger partial charge is 0.631 e. The molecule has 0 bridgehead atoms. The summed E-state index contributed by atoms with van der Waals surface area (Å²) in [6, 6.07) is 14.8. The summed E-state index contributed by atoms with van der Waals surface area (Å²) >= 11 is 0. The molecule has 0 aromatic heterocycles. The first-order valence-corrected chi connectivity index (χ1v) is 8.79. The molecule has 6 heteroatoms. The molecule has 26 heavy (non-hydrogen) atoms. The van der Waals surface area contributed by atoms with Crippen LogP contribution in [0.5, 0.6) is 5.75 Å². The molecule has 2 heterocycles. The van der Waals surface area contributed by atoms with Crippen molar-refractivity contribution in [3.8, 4) is 5.75 Å². The molecule has 6 nitrogen and oxygen atoms in total. The number of hydroxylamine groups is 3. The van der Waals surface area contributed by atoms with Crippen LogP contribution in [-0.4, -0.2) is 37.5 Å². The lowest BCUT2D eigenvalue weighted by atomic mass is 9.81. The number of anilines is 2. The number of carbonyl (C=O) groups excluding carboxylic acids is 1. The van der Waals surface area contributed by atoms with Gasteiger partial charge < -0.3 is 19.5 Å². The SMILES string of the molecule is CN1c2ccc(OC(=O)Nc3ccccc3)cc2[C@]2(C)CC[N@@+](C)([O-])[C@H]12. The van der Waals surface area contributed by atoms with Gasteiger partial charge in [-0.3, -0.25) is 5.32 Å². The normalized spacial score (nSPS) is 29.2. The van der Waals surface area contributed by atoms with E-state index in [1.807, 2.05) is 37.4 Å². The number of hydrogen-bond donors (Lipinski definition) is 1. The van der Waals surface area contributed by atoms with Crippen molar-refractivity contribution in [3.63, 3.8) is 0 Å². The molecule has 2 aliphatic heterocycles. The van der Waals surface area contributed by atoms with E-state index in [2.05, 4.69) is 17.1 Å². The topological polar surface area (TPSA) is 64.6 Å². The summed E-state index contributed by atoms with van der Waals surface area (Å²) < 4.78 is 5.20. The molecule has 0 spiro atoms. The van der Waals surface area contributed by atoms with Gasteiger partial charge in [-0.2, -0.15) is 0 Å². The number of carbonyl (C=O) groups is 1. The van der Waals surface area contributed by atoms with Gasteiger partial charge in [-0.1, -0.05) is 18.2 Å². The van der Waals surface area contributed by atoms with Crippen LogP contribution in [0.25, 0.3) is 0 Å². The van der Waals surface area contributed by atoms with E-state index in [0.717, 1.165) is 17.7 Å². The molecular weight excluding hydrogens is 330 g/mol. The molecule has 1 amide bonds. The highest BCUT2D eigenvalue weighted by Crippen LogP contribution is 2.54. The predicted octanol–water partition coefficient (Wildman–Crippen LogP) is 3.68. The van der Waals surface area contributed by atoms with Crippen molar-refractivity contribution in [3.05, 3.63) is 59.3 Å². The number of quaternary nitrogens is 1. The second kappa shape index (κ2) is 5.72. The van der Waals surface area contributed by atoms with Crippen molar-refractivity contribution in [2.45, 2.75) is 24.9 Å². The molecule has 0 aliphatic carbocycles. The molecule has 2 aliphatic rings. The standard InChI is InChI=1S/C20H23N3O3/c1-20-11-12-23(3,25)18(20)22(2)17-10-9-15(13-16(17)20)26-19(24)21-14-7-5-4-6-8-14/h4-10,13,18H,11-12H2,1-3H3,(H,21,24)/t18-,20-,23+/m0/s1. The summed E-state index contributed by atoms with van der Waals surface area (Å²) in [5.74, 6) is 0.486. The van der Waals surface area contributed by atoms with E-state index in [4.69, 9.17) is 4.74 Å². The first kappa shape index (κ1) is 16.9. The Morgan fingerprint density at radius 2 is 2.04 bits per heavy atom. The Morgan fingerprint density at radius 1 is 1.31 bits per heavy atom. The minimum Gasteiger partial charge on any atom is -0.631 e. The molecule has 2 aromatic rings. The van der Waals surface area contributed by atoms with E-state index in [9.17, 15) is 10.0 Å². The maximum Gasteiger partial charge on any atom is 0.417 e. The summed E-state index contributed by atoms with van der Waals surface area (Å²) in [7, 11) is 3.71. The summed E-state index contributed by atoms with van der Waals surface area (Å²) in [5, 5.41) is 15.6. The molecule has 3 atom stereocenters. The van der Waals surface area contributed by atoms with Crippen molar-refractivity contribution in [2.75, 3.05) is 30.9 Å². The van der Waals surface area contributed by atoms with Crippen molar-refractivity contribution in [2.24, 2.45) is 0 Å². The minimum absolute atomic E-state index is 0.147. The zero-order valence-corrected chi connectivity index (χ0v) is 15.2. The second-order valence-electron chi connectivity index (χ2n) is 7.61. The third kappa shape index (κ3) is 2.53. The Balaban J connectivity index is 1.58. The van der Waals surface area contributed by atoms with Gasteiger partial charge in [-0.05, 0) is 42.8 Å². The predicted molar refractivity (Wildman–Crippen MR) is 101 cm³/mol. The smallest absolute Gasteiger partial charge is 0.417 e. The van der Waals surface area contributed by atoms with Crippen LogP contribution in [0.2, 0.25) is 0 Å². The maximum atomic E-state index is 12.9. The molecule has 0 unspecified atom stereocenters. The third-order valence-corrected chi connectivity index (χ3v) is 5.72. The first-order valence-electron chi connectivity index (χ1n) is 8.79. The van der Waals surface area contributed by atoms with Crippen molar-refractivity contribution < 1.29 is 14.2 Å². The van der Waals surface area contributed by atoms with Crippen LogP contribution in [0.4, 0.5) is 16.2 Å². The zero-order chi connectivity index (χ0) is 18.5. The van der Waals surface area contributed by atoms with Crippen molar-refractivity contribution in [1.82, 2.24) is 0 Å². The van der Waals surface area contributed by atoms with Gasteiger partial charge in [-0.25, -0.2) is 4.79 Å². The number of amides is 1. The zero-order valence-electron chi connectivity index (χ0n) is 15.2. The van der Waals surface area contributed by atoms with Crippen molar-refractivity contribution >= 4 is 17.5 Å². The molecule has 1 saturated heterocycles. The molecule has 2 aromatic carbocycles. The number of likely N-dealkylation sites (N-methyl/N-ethyl adjacent to an activating group) is 2. The Kier molecular flexibility index (Phi) is 3.71. The van der Waals surface area contributed by atoms with Crippen LogP contribution in [0.1, 0.15) is 18.9 Å². The van der Waals surface area contributed by atoms with Crippen LogP contribution in [-0.2, 0) is 5.41 Å². The molecule has 1 N–H and O–H groups in total. The van der Waals surface area contributed by atoms with Crippen LogP contribution in [0, 0.1) is 5.21 Å². The number of fused-ring (bicyclic) bond motifs is 3. The Labute approximate surface area is 153 Å². The fourth-order valence-electron chi connectivity index (χ4n) is 4.62. The molecular formula is C20H23N3O3. The highest BCUT2D eigenvalue weighted by Gasteiger charge is 2.58. The summed E-state index contributed by atoms with van der Waals surface area (Å²) in [5.41, 5.74) is 2.55. The summed E-state index contributed by atoms with van der Waals surface area (Å²) in [6.07, 6.45) is 0.139. The second-order valence-corrected chi connectivity index (χ2v) is 7.61. The lowest BCUT2D eigenvalue weighted by molar-refractivity contribution is -0.874. The number of hydrogen-bond acceptors (Lipinski definition) is 4. The Morgan fingerprint density at radius 3 is 2.77 bits per heavy atom.